The monoisotopic (exact) mass is 526 g/mol. The van der Waals surface area contributed by atoms with Crippen LogP contribution in [0.3, 0.4) is 0 Å². The van der Waals surface area contributed by atoms with E-state index in [9.17, 15) is 0 Å². The van der Waals surface area contributed by atoms with E-state index in [-0.39, 0.29) is 30.0 Å². The molecule has 0 aliphatic carbocycles. The van der Waals surface area contributed by atoms with Crippen molar-refractivity contribution in [2.75, 3.05) is 26.3 Å². The second-order valence-electron chi connectivity index (χ2n) is 6.75. The molecular formula is C23H35IN4O2. The minimum absolute atomic E-state index is 0. The number of guanidine groups is 1. The molecule has 166 valence electrons. The summed E-state index contributed by atoms with van der Waals surface area (Å²) < 4.78 is 11.4. The van der Waals surface area contributed by atoms with E-state index in [1.165, 1.54) is 11.1 Å². The van der Waals surface area contributed by atoms with Gasteiger partial charge in [0.1, 0.15) is 0 Å². The minimum atomic E-state index is 0. The summed E-state index contributed by atoms with van der Waals surface area (Å²) in [6, 6.07) is 8.21. The van der Waals surface area contributed by atoms with Crippen molar-refractivity contribution in [3.63, 3.8) is 0 Å². The molecule has 30 heavy (non-hydrogen) atoms. The Morgan fingerprint density at radius 1 is 1.10 bits per heavy atom. The van der Waals surface area contributed by atoms with Crippen LogP contribution in [0, 0.1) is 6.92 Å². The fourth-order valence-corrected chi connectivity index (χ4v) is 3.02. The molecular weight excluding hydrogens is 491 g/mol. The molecule has 1 atom stereocenters. The molecule has 0 bridgehead atoms. The molecule has 0 aliphatic rings. The summed E-state index contributed by atoms with van der Waals surface area (Å²) in [5.41, 5.74) is 3.60. The first-order valence-corrected chi connectivity index (χ1v) is 10.4. The molecule has 0 amide bonds. The predicted octanol–water partition coefficient (Wildman–Crippen LogP) is 4.66. The molecule has 1 heterocycles. The van der Waals surface area contributed by atoms with Gasteiger partial charge in [0.2, 0.25) is 0 Å². The molecule has 2 aromatic rings. The number of aromatic nitrogens is 1. The number of aliphatic imine (C=N–C) groups is 1. The maximum absolute atomic E-state index is 5.75. The highest BCUT2D eigenvalue weighted by molar-refractivity contribution is 14.0. The van der Waals surface area contributed by atoms with Gasteiger partial charge in [-0.25, -0.2) is 0 Å². The summed E-state index contributed by atoms with van der Waals surface area (Å²) in [6.07, 6.45) is 4.61. The summed E-state index contributed by atoms with van der Waals surface area (Å²) >= 11 is 0. The van der Waals surface area contributed by atoms with Gasteiger partial charge in [0.25, 0.3) is 0 Å². The highest BCUT2D eigenvalue weighted by atomic mass is 127. The van der Waals surface area contributed by atoms with Crippen molar-refractivity contribution in [2.24, 2.45) is 4.99 Å². The summed E-state index contributed by atoms with van der Waals surface area (Å²) in [5.74, 6) is 2.35. The van der Waals surface area contributed by atoms with Crippen LogP contribution in [0.25, 0.3) is 0 Å². The van der Waals surface area contributed by atoms with Gasteiger partial charge >= 0.3 is 0 Å². The number of aryl methyl sites for hydroxylation is 1. The molecule has 0 radical (unpaired) electrons. The van der Waals surface area contributed by atoms with Crippen molar-refractivity contribution in [1.29, 1.82) is 0 Å². The minimum Gasteiger partial charge on any atom is -0.490 e. The fourth-order valence-electron chi connectivity index (χ4n) is 3.02. The smallest absolute Gasteiger partial charge is 0.191 e. The van der Waals surface area contributed by atoms with E-state index in [1.54, 1.807) is 0 Å². The zero-order valence-electron chi connectivity index (χ0n) is 18.7. The van der Waals surface area contributed by atoms with E-state index >= 15 is 0 Å². The van der Waals surface area contributed by atoms with Gasteiger partial charge < -0.3 is 20.1 Å². The second kappa shape index (κ2) is 14.1. The molecule has 0 saturated carbocycles. The topological polar surface area (TPSA) is 67.8 Å². The number of hydrogen-bond donors (Lipinski definition) is 2. The van der Waals surface area contributed by atoms with Gasteiger partial charge in [-0.15, -0.1) is 24.0 Å². The van der Waals surface area contributed by atoms with E-state index in [2.05, 4.69) is 48.5 Å². The van der Waals surface area contributed by atoms with Crippen LogP contribution in [0.4, 0.5) is 0 Å². The summed E-state index contributed by atoms with van der Waals surface area (Å²) in [6.45, 7) is 12.9. The molecule has 6 nitrogen and oxygen atoms in total. The summed E-state index contributed by atoms with van der Waals surface area (Å²) in [7, 11) is 0. The van der Waals surface area contributed by atoms with Crippen molar-refractivity contribution in [3.8, 4) is 11.5 Å². The number of rotatable bonds is 10. The number of ether oxygens (including phenoxy) is 2. The van der Waals surface area contributed by atoms with Crippen LogP contribution in [-0.4, -0.2) is 37.2 Å². The Morgan fingerprint density at radius 2 is 1.83 bits per heavy atom. The van der Waals surface area contributed by atoms with Gasteiger partial charge in [0.05, 0.1) is 19.3 Å². The SMILES string of the molecule is CCNC(=NCCc1ccncc1C)NC(C)c1ccc(OCC)c(OCC)c1.I. The number of benzene rings is 1. The Labute approximate surface area is 197 Å². The summed E-state index contributed by atoms with van der Waals surface area (Å²) in [5, 5.41) is 6.81. The van der Waals surface area contributed by atoms with E-state index in [1.807, 2.05) is 38.4 Å². The van der Waals surface area contributed by atoms with Gasteiger partial charge in [-0.3, -0.25) is 9.98 Å². The number of hydrogen-bond acceptors (Lipinski definition) is 4. The lowest BCUT2D eigenvalue weighted by Gasteiger charge is -2.20. The molecule has 1 unspecified atom stereocenters. The van der Waals surface area contributed by atoms with Crippen molar-refractivity contribution >= 4 is 29.9 Å². The number of halogens is 1. The van der Waals surface area contributed by atoms with Crippen LogP contribution in [0.1, 0.15) is 50.4 Å². The first-order valence-electron chi connectivity index (χ1n) is 10.4. The molecule has 0 spiro atoms. The Hall–Kier alpha value is -2.03. The second-order valence-corrected chi connectivity index (χ2v) is 6.75. The standard InChI is InChI=1S/C23H34N4O2.HI/c1-6-25-23(26-14-12-19-11-13-24-16-17(19)4)27-18(5)20-9-10-21(28-7-2)22(15-20)29-8-3;/h9-11,13,15-16,18H,6-8,12,14H2,1-5H3,(H2,25,26,27);1H. The third kappa shape index (κ3) is 8.01. The lowest BCUT2D eigenvalue weighted by Crippen LogP contribution is -2.38. The molecule has 2 rings (SSSR count). The third-order valence-corrected chi connectivity index (χ3v) is 4.55. The van der Waals surface area contributed by atoms with Crippen LogP contribution in [-0.2, 0) is 6.42 Å². The van der Waals surface area contributed by atoms with Crippen LogP contribution >= 0.6 is 24.0 Å². The van der Waals surface area contributed by atoms with Crippen LogP contribution in [0.5, 0.6) is 11.5 Å². The Kier molecular flexibility index (Phi) is 12.2. The van der Waals surface area contributed by atoms with Gasteiger partial charge in [0, 0.05) is 25.5 Å². The van der Waals surface area contributed by atoms with Gasteiger partial charge in [-0.05, 0) is 75.9 Å². The first kappa shape index (κ1) is 26.0. The average molecular weight is 526 g/mol. The highest BCUT2D eigenvalue weighted by Crippen LogP contribution is 2.30. The Morgan fingerprint density at radius 3 is 2.50 bits per heavy atom. The lowest BCUT2D eigenvalue weighted by molar-refractivity contribution is 0.287. The van der Waals surface area contributed by atoms with Crippen molar-refractivity contribution in [3.05, 3.63) is 53.3 Å². The Balaban J connectivity index is 0.00000450. The third-order valence-electron chi connectivity index (χ3n) is 4.55. The maximum atomic E-state index is 5.75. The molecule has 0 aliphatic heterocycles. The van der Waals surface area contributed by atoms with Crippen molar-refractivity contribution in [1.82, 2.24) is 15.6 Å². The largest absolute Gasteiger partial charge is 0.490 e. The van der Waals surface area contributed by atoms with Crippen molar-refractivity contribution in [2.45, 2.75) is 47.1 Å². The number of nitrogens with one attached hydrogen (secondary N) is 2. The van der Waals surface area contributed by atoms with E-state index < -0.39 is 0 Å². The normalized spacial score (nSPS) is 12.0. The van der Waals surface area contributed by atoms with E-state index in [4.69, 9.17) is 14.5 Å². The molecule has 0 fully saturated rings. The van der Waals surface area contributed by atoms with Crippen LogP contribution in [0.15, 0.2) is 41.7 Å². The fraction of sp³-hybridized carbons (Fsp3) is 0.478. The predicted molar refractivity (Wildman–Crippen MR) is 134 cm³/mol. The van der Waals surface area contributed by atoms with E-state index in [0.29, 0.717) is 19.8 Å². The Bertz CT molecular complexity index is 799. The van der Waals surface area contributed by atoms with E-state index in [0.717, 1.165) is 36.0 Å². The van der Waals surface area contributed by atoms with Crippen LogP contribution < -0.4 is 20.1 Å². The zero-order chi connectivity index (χ0) is 21.1. The van der Waals surface area contributed by atoms with Gasteiger partial charge in [-0.1, -0.05) is 6.07 Å². The lowest BCUT2D eigenvalue weighted by atomic mass is 10.1. The van der Waals surface area contributed by atoms with Crippen molar-refractivity contribution < 1.29 is 9.47 Å². The molecule has 1 aromatic heterocycles. The maximum Gasteiger partial charge on any atom is 0.191 e. The molecule has 2 N–H and O–H groups in total. The first-order chi connectivity index (χ1) is 14.1. The van der Waals surface area contributed by atoms with Gasteiger partial charge in [0.15, 0.2) is 17.5 Å². The number of pyridine rings is 1. The summed E-state index contributed by atoms with van der Waals surface area (Å²) in [4.78, 5) is 8.89. The van der Waals surface area contributed by atoms with Crippen LogP contribution in [0.2, 0.25) is 0 Å². The average Bonchev–Trinajstić information content (AvgIpc) is 2.71. The molecule has 7 heteroatoms. The molecule has 1 aromatic carbocycles. The number of nitrogens with zero attached hydrogens (tertiary/aromatic N) is 2. The molecule has 0 saturated heterocycles. The zero-order valence-corrected chi connectivity index (χ0v) is 21.0. The quantitative estimate of drug-likeness (QED) is 0.268. The van der Waals surface area contributed by atoms with Gasteiger partial charge in [-0.2, -0.15) is 0 Å². The highest BCUT2D eigenvalue weighted by Gasteiger charge is 2.12.